The lowest BCUT2D eigenvalue weighted by molar-refractivity contribution is 0.0698. The molecule has 0 aromatic heterocycles. The Bertz CT molecular complexity index is 508. The summed E-state index contributed by atoms with van der Waals surface area (Å²) in [7, 11) is 0. The van der Waals surface area contributed by atoms with E-state index >= 15 is 0 Å². The van der Waals surface area contributed by atoms with Gasteiger partial charge in [-0.1, -0.05) is 31.9 Å². The summed E-state index contributed by atoms with van der Waals surface area (Å²) >= 11 is 0. The molecule has 1 fully saturated rings. The van der Waals surface area contributed by atoms with Crippen LogP contribution in [0.15, 0.2) is 24.3 Å². The maximum atomic E-state index is 12.2. The van der Waals surface area contributed by atoms with Crippen molar-refractivity contribution in [2.75, 3.05) is 18.4 Å². The summed E-state index contributed by atoms with van der Waals surface area (Å²) in [5, 5.41) is 11.8. The maximum Gasteiger partial charge on any atom is 0.337 e. The van der Waals surface area contributed by atoms with Crippen LogP contribution in [0.4, 0.5) is 10.5 Å². The number of rotatable bonds is 4. The lowest BCUT2D eigenvalue weighted by Gasteiger charge is -2.32. The van der Waals surface area contributed by atoms with Gasteiger partial charge >= 0.3 is 12.0 Å². The number of carbonyl (C=O) groups is 2. The fraction of sp³-hybridized carbons (Fsp3) is 0.500. The van der Waals surface area contributed by atoms with Crippen molar-refractivity contribution >= 4 is 17.7 Å². The minimum absolute atomic E-state index is 0.117. The van der Waals surface area contributed by atoms with Crippen LogP contribution >= 0.6 is 0 Å². The summed E-state index contributed by atoms with van der Waals surface area (Å²) < 4.78 is 0. The zero-order valence-corrected chi connectivity index (χ0v) is 12.3. The first-order valence-corrected chi connectivity index (χ1v) is 7.50. The van der Waals surface area contributed by atoms with Gasteiger partial charge in [-0.25, -0.2) is 9.59 Å². The zero-order valence-electron chi connectivity index (χ0n) is 12.3. The van der Waals surface area contributed by atoms with Crippen LogP contribution in [0.1, 0.15) is 43.0 Å². The highest BCUT2D eigenvalue weighted by atomic mass is 16.4. The van der Waals surface area contributed by atoms with Gasteiger partial charge in [0, 0.05) is 13.1 Å². The van der Waals surface area contributed by atoms with E-state index in [1.807, 2.05) is 0 Å². The fourth-order valence-corrected chi connectivity index (χ4v) is 2.81. The lowest BCUT2D eigenvalue weighted by atomic mass is 9.93. The lowest BCUT2D eigenvalue weighted by Crippen LogP contribution is -2.41. The minimum Gasteiger partial charge on any atom is -0.478 e. The Morgan fingerprint density at radius 2 is 1.95 bits per heavy atom. The summed E-state index contributed by atoms with van der Waals surface area (Å²) in [4.78, 5) is 25.1. The molecule has 2 amide bonds. The SMILES string of the molecule is CCCC1CCN(C(=O)Nc2ccccc2C(=O)O)CC1. The van der Waals surface area contributed by atoms with Crippen LogP contribution in [0.2, 0.25) is 0 Å². The van der Waals surface area contributed by atoms with Crippen molar-refractivity contribution in [2.45, 2.75) is 32.6 Å². The van der Waals surface area contributed by atoms with Gasteiger partial charge in [-0.2, -0.15) is 0 Å². The summed E-state index contributed by atoms with van der Waals surface area (Å²) in [6.07, 6.45) is 4.46. The zero-order chi connectivity index (χ0) is 15.2. The summed E-state index contributed by atoms with van der Waals surface area (Å²) in [5.41, 5.74) is 0.470. The number of nitrogens with zero attached hydrogens (tertiary/aromatic N) is 1. The van der Waals surface area contributed by atoms with Crippen molar-refractivity contribution in [1.82, 2.24) is 4.90 Å². The van der Waals surface area contributed by atoms with Gasteiger partial charge in [0.1, 0.15) is 0 Å². The first-order valence-electron chi connectivity index (χ1n) is 7.50. The number of benzene rings is 1. The third-order valence-electron chi connectivity index (χ3n) is 4.00. The van der Waals surface area contributed by atoms with E-state index in [1.165, 1.54) is 18.9 Å². The molecule has 2 N–H and O–H groups in total. The van der Waals surface area contributed by atoms with Gasteiger partial charge < -0.3 is 15.3 Å². The molecule has 1 aliphatic heterocycles. The Balaban J connectivity index is 1.95. The van der Waals surface area contributed by atoms with Crippen LogP contribution < -0.4 is 5.32 Å². The molecular formula is C16H22N2O3. The maximum absolute atomic E-state index is 12.2. The molecule has 0 bridgehead atoms. The van der Waals surface area contributed by atoms with E-state index in [0.29, 0.717) is 11.6 Å². The molecule has 1 saturated heterocycles. The Hall–Kier alpha value is -2.04. The van der Waals surface area contributed by atoms with Gasteiger partial charge in [0.15, 0.2) is 0 Å². The second kappa shape index (κ2) is 7.11. The van der Waals surface area contributed by atoms with E-state index in [0.717, 1.165) is 25.9 Å². The largest absolute Gasteiger partial charge is 0.478 e. The van der Waals surface area contributed by atoms with Gasteiger partial charge in [-0.3, -0.25) is 0 Å². The van der Waals surface area contributed by atoms with E-state index in [9.17, 15) is 9.59 Å². The smallest absolute Gasteiger partial charge is 0.337 e. The van der Waals surface area contributed by atoms with Crippen LogP contribution in [-0.4, -0.2) is 35.1 Å². The predicted octanol–water partition coefficient (Wildman–Crippen LogP) is 3.43. The van der Waals surface area contributed by atoms with Crippen LogP contribution in [-0.2, 0) is 0 Å². The number of hydrogen-bond donors (Lipinski definition) is 2. The average Bonchev–Trinajstić information content (AvgIpc) is 2.48. The topological polar surface area (TPSA) is 69.6 Å². The molecule has 1 aromatic rings. The molecule has 2 rings (SSSR count). The molecule has 0 spiro atoms. The van der Waals surface area contributed by atoms with E-state index in [4.69, 9.17) is 5.11 Å². The molecule has 5 heteroatoms. The molecular weight excluding hydrogens is 268 g/mol. The number of aromatic carboxylic acids is 1. The first kappa shape index (κ1) is 15.4. The fourth-order valence-electron chi connectivity index (χ4n) is 2.81. The number of urea groups is 1. The number of anilines is 1. The van der Waals surface area contributed by atoms with Crippen molar-refractivity contribution in [3.8, 4) is 0 Å². The third kappa shape index (κ3) is 3.97. The molecule has 0 aliphatic carbocycles. The Morgan fingerprint density at radius 1 is 1.29 bits per heavy atom. The highest BCUT2D eigenvalue weighted by Gasteiger charge is 2.23. The van der Waals surface area contributed by atoms with E-state index < -0.39 is 5.97 Å². The van der Waals surface area contributed by atoms with Crippen molar-refractivity contribution in [1.29, 1.82) is 0 Å². The molecule has 0 atom stereocenters. The average molecular weight is 290 g/mol. The monoisotopic (exact) mass is 290 g/mol. The van der Waals surface area contributed by atoms with Crippen LogP contribution in [0.3, 0.4) is 0 Å². The molecule has 0 radical (unpaired) electrons. The summed E-state index contributed by atoms with van der Waals surface area (Å²) in [6.45, 7) is 3.67. The van der Waals surface area contributed by atoms with Crippen molar-refractivity contribution in [3.05, 3.63) is 29.8 Å². The number of likely N-dealkylation sites (tertiary alicyclic amines) is 1. The van der Waals surface area contributed by atoms with E-state index in [1.54, 1.807) is 23.1 Å². The Labute approximate surface area is 125 Å². The number of para-hydroxylation sites is 1. The highest BCUT2D eigenvalue weighted by molar-refractivity contribution is 5.99. The molecule has 0 unspecified atom stereocenters. The standard InChI is InChI=1S/C16H22N2O3/c1-2-5-12-8-10-18(11-9-12)16(21)17-14-7-4-3-6-13(14)15(19)20/h3-4,6-7,12H,2,5,8-11H2,1H3,(H,17,21)(H,19,20). The predicted molar refractivity (Wildman–Crippen MR) is 81.6 cm³/mol. The van der Waals surface area contributed by atoms with Crippen molar-refractivity contribution in [3.63, 3.8) is 0 Å². The quantitative estimate of drug-likeness (QED) is 0.892. The van der Waals surface area contributed by atoms with Gasteiger partial charge in [0.25, 0.3) is 0 Å². The number of carboxylic acids is 1. The van der Waals surface area contributed by atoms with Crippen molar-refractivity contribution in [2.24, 2.45) is 5.92 Å². The molecule has 1 aromatic carbocycles. The molecule has 114 valence electrons. The van der Waals surface area contributed by atoms with Crippen LogP contribution in [0.25, 0.3) is 0 Å². The Morgan fingerprint density at radius 3 is 2.57 bits per heavy atom. The number of piperidine rings is 1. The second-order valence-corrected chi connectivity index (χ2v) is 5.50. The van der Waals surface area contributed by atoms with Gasteiger partial charge in [0.2, 0.25) is 0 Å². The number of carbonyl (C=O) groups excluding carboxylic acids is 1. The molecule has 0 saturated carbocycles. The summed E-state index contributed by atoms with van der Waals surface area (Å²) in [6, 6.07) is 6.26. The minimum atomic E-state index is -1.03. The summed E-state index contributed by atoms with van der Waals surface area (Å²) in [5.74, 6) is -0.321. The first-order chi connectivity index (χ1) is 10.1. The van der Waals surface area contributed by atoms with Gasteiger partial charge in [-0.15, -0.1) is 0 Å². The molecule has 1 aliphatic rings. The number of amides is 2. The number of nitrogens with one attached hydrogen (secondary N) is 1. The highest BCUT2D eigenvalue weighted by Crippen LogP contribution is 2.23. The van der Waals surface area contributed by atoms with Crippen molar-refractivity contribution < 1.29 is 14.7 Å². The molecule has 21 heavy (non-hydrogen) atoms. The second-order valence-electron chi connectivity index (χ2n) is 5.50. The number of hydrogen-bond acceptors (Lipinski definition) is 2. The normalized spacial score (nSPS) is 15.8. The van der Waals surface area contributed by atoms with Crippen LogP contribution in [0.5, 0.6) is 0 Å². The van der Waals surface area contributed by atoms with Gasteiger partial charge in [0.05, 0.1) is 11.3 Å². The van der Waals surface area contributed by atoms with E-state index in [-0.39, 0.29) is 11.6 Å². The third-order valence-corrected chi connectivity index (χ3v) is 4.00. The van der Waals surface area contributed by atoms with Gasteiger partial charge in [-0.05, 0) is 30.9 Å². The molecule has 1 heterocycles. The van der Waals surface area contributed by atoms with Crippen LogP contribution in [0, 0.1) is 5.92 Å². The Kier molecular flexibility index (Phi) is 5.20. The molecule has 5 nitrogen and oxygen atoms in total. The number of carboxylic acid groups (broad SMARTS) is 1. The van der Waals surface area contributed by atoms with E-state index in [2.05, 4.69) is 12.2 Å².